The molecule has 2 N–H and O–H groups in total. The van der Waals surface area contributed by atoms with Crippen LogP contribution in [0.3, 0.4) is 0 Å². The summed E-state index contributed by atoms with van der Waals surface area (Å²) in [6.45, 7) is 5.87. The van der Waals surface area contributed by atoms with Crippen molar-refractivity contribution in [2.75, 3.05) is 0 Å². The van der Waals surface area contributed by atoms with Crippen molar-refractivity contribution in [2.24, 2.45) is 5.92 Å². The van der Waals surface area contributed by atoms with E-state index in [1.165, 1.54) is 6.20 Å². The first kappa shape index (κ1) is 21.4. The van der Waals surface area contributed by atoms with Gasteiger partial charge >= 0.3 is 5.97 Å². The second-order valence-corrected chi connectivity index (χ2v) is 7.61. The lowest BCUT2D eigenvalue weighted by Gasteiger charge is -2.22. The van der Waals surface area contributed by atoms with Gasteiger partial charge in [0.2, 0.25) is 0 Å². The molecule has 0 saturated heterocycles. The summed E-state index contributed by atoms with van der Waals surface area (Å²) < 4.78 is 20.6. The highest BCUT2D eigenvalue weighted by Crippen LogP contribution is 2.33. The Morgan fingerprint density at radius 2 is 2.00 bits per heavy atom. The number of fused-ring (bicyclic) bond motifs is 1. The lowest BCUT2D eigenvalue weighted by molar-refractivity contribution is -0.137. The van der Waals surface area contributed by atoms with Crippen LogP contribution in [0.15, 0.2) is 42.7 Å². The lowest BCUT2D eigenvalue weighted by Crippen LogP contribution is -2.12. The maximum atomic E-state index is 14.4. The SMILES string of the molecule is CC#CC(CC(=O)O)c1ccc(OC(CC(C)C)c2ccnc3[nH]cc(F)c23)cc1. The first-order valence-electron chi connectivity index (χ1n) is 9.91. The van der Waals surface area contributed by atoms with Gasteiger partial charge in [-0.25, -0.2) is 9.37 Å². The molecule has 0 fully saturated rings. The molecular formula is C24H25FN2O3. The van der Waals surface area contributed by atoms with E-state index in [1.54, 1.807) is 31.3 Å². The van der Waals surface area contributed by atoms with Gasteiger partial charge in [-0.15, -0.1) is 5.92 Å². The molecule has 2 unspecified atom stereocenters. The molecule has 0 saturated carbocycles. The number of carboxylic acid groups (broad SMARTS) is 1. The summed E-state index contributed by atoms with van der Waals surface area (Å²) in [5.41, 5.74) is 2.06. The van der Waals surface area contributed by atoms with Gasteiger partial charge in [-0.3, -0.25) is 4.79 Å². The highest BCUT2D eigenvalue weighted by molar-refractivity contribution is 5.80. The Kier molecular flexibility index (Phi) is 6.73. The molecule has 156 valence electrons. The van der Waals surface area contributed by atoms with E-state index in [2.05, 4.69) is 35.7 Å². The molecule has 30 heavy (non-hydrogen) atoms. The number of aliphatic carboxylic acids is 1. The first-order chi connectivity index (χ1) is 14.4. The van der Waals surface area contributed by atoms with Crippen LogP contribution in [0.25, 0.3) is 11.0 Å². The number of pyridine rings is 1. The zero-order valence-corrected chi connectivity index (χ0v) is 17.3. The predicted octanol–water partition coefficient (Wildman–Crippen LogP) is 5.45. The minimum Gasteiger partial charge on any atom is -0.486 e. The number of carboxylic acids is 1. The number of halogens is 1. The standard InChI is InChI=1S/C24H25FN2O3/c1-4-5-17(13-22(28)29)16-6-8-18(9-7-16)30-21(12-15(2)3)19-10-11-26-24-23(19)20(25)14-27-24/h6-11,14-15,17,21H,12-13H2,1-3H3,(H,26,27)(H,28,29). The molecule has 1 aromatic carbocycles. The zero-order valence-electron chi connectivity index (χ0n) is 17.3. The third-order valence-corrected chi connectivity index (χ3v) is 4.85. The Balaban J connectivity index is 1.89. The van der Waals surface area contributed by atoms with E-state index in [0.29, 0.717) is 29.1 Å². The molecule has 0 spiro atoms. The number of carbonyl (C=O) groups is 1. The molecule has 0 aliphatic rings. The number of aromatic amines is 1. The van der Waals surface area contributed by atoms with Gasteiger partial charge in [-0.05, 0) is 43.0 Å². The predicted molar refractivity (Wildman–Crippen MR) is 114 cm³/mol. The Labute approximate surface area is 175 Å². The van der Waals surface area contributed by atoms with Crippen LogP contribution < -0.4 is 4.74 Å². The van der Waals surface area contributed by atoms with Gasteiger partial charge < -0.3 is 14.8 Å². The average Bonchev–Trinajstić information content (AvgIpc) is 3.08. The molecule has 3 rings (SSSR count). The topological polar surface area (TPSA) is 75.2 Å². The summed E-state index contributed by atoms with van der Waals surface area (Å²) in [5.74, 6) is 5.08. The van der Waals surface area contributed by atoms with E-state index in [4.69, 9.17) is 9.84 Å². The Bertz CT molecular complexity index is 1080. The molecule has 0 aliphatic carbocycles. The van der Waals surface area contributed by atoms with Crippen LogP contribution in [-0.2, 0) is 4.79 Å². The van der Waals surface area contributed by atoms with Gasteiger partial charge in [0.1, 0.15) is 17.5 Å². The Morgan fingerprint density at radius 1 is 1.27 bits per heavy atom. The monoisotopic (exact) mass is 408 g/mol. The van der Waals surface area contributed by atoms with Crippen molar-refractivity contribution in [3.05, 3.63) is 59.7 Å². The Hall–Kier alpha value is -3.33. The summed E-state index contributed by atoms with van der Waals surface area (Å²) in [5, 5.41) is 9.56. The van der Waals surface area contributed by atoms with Crippen molar-refractivity contribution in [1.82, 2.24) is 9.97 Å². The maximum Gasteiger partial charge on any atom is 0.304 e. The van der Waals surface area contributed by atoms with E-state index in [-0.39, 0.29) is 24.3 Å². The molecule has 2 heterocycles. The van der Waals surface area contributed by atoms with E-state index in [9.17, 15) is 9.18 Å². The molecule has 2 aromatic heterocycles. The maximum absolute atomic E-state index is 14.4. The van der Waals surface area contributed by atoms with Crippen LogP contribution in [0.1, 0.15) is 56.8 Å². The largest absolute Gasteiger partial charge is 0.486 e. The fraction of sp³-hybridized carbons (Fsp3) is 0.333. The summed E-state index contributed by atoms with van der Waals surface area (Å²) in [6, 6.07) is 9.07. The minimum atomic E-state index is -0.893. The first-order valence-corrected chi connectivity index (χ1v) is 9.91. The molecule has 5 nitrogen and oxygen atoms in total. The summed E-state index contributed by atoms with van der Waals surface area (Å²) >= 11 is 0. The van der Waals surface area contributed by atoms with Crippen LogP contribution >= 0.6 is 0 Å². The number of H-pyrrole nitrogens is 1. The van der Waals surface area contributed by atoms with E-state index in [1.807, 2.05) is 12.1 Å². The van der Waals surface area contributed by atoms with Crippen molar-refractivity contribution in [3.8, 4) is 17.6 Å². The van der Waals surface area contributed by atoms with Crippen molar-refractivity contribution in [3.63, 3.8) is 0 Å². The number of ether oxygens (including phenoxy) is 1. The van der Waals surface area contributed by atoms with E-state index >= 15 is 0 Å². The smallest absolute Gasteiger partial charge is 0.304 e. The van der Waals surface area contributed by atoms with Crippen LogP contribution in [0.5, 0.6) is 5.75 Å². The van der Waals surface area contributed by atoms with Crippen LogP contribution in [0.2, 0.25) is 0 Å². The summed E-state index contributed by atoms with van der Waals surface area (Å²) in [7, 11) is 0. The summed E-state index contributed by atoms with van der Waals surface area (Å²) in [4.78, 5) is 18.1. The third kappa shape index (κ3) is 4.98. The van der Waals surface area contributed by atoms with Crippen molar-refractivity contribution in [1.29, 1.82) is 0 Å². The third-order valence-electron chi connectivity index (χ3n) is 4.85. The van der Waals surface area contributed by atoms with Crippen LogP contribution in [-0.4, -0.2) is 21.0 Å². The van der Waals surface area contributed by atoms with E-state index < -0.39 is 5.97 Å². The quantitative estimate of drug-likeness (QED) is 0.486. The number of hydrogen-bond acceptors (Lipinski definition) is 3. The fourth-order valence-electron chi connectivity index (χ4n) is 3.52. The molecule has 0 radical (unpaired) electrons. The van der Waals surface area contributed by atoms with Gasteiger partial charge in [-0.2, -0.15) is 0 Å². The van der Waals surface area contributed by atoms with Gasteiger partial charge in [0.15, 0.2) is 5.82 Å². The van der Waals surface area contributed by atoms with Crippen molar-refractivity contribution < 1.29 is 19.0 Å². The fourth-order valence-corrected chi connectivity index (χ4v) is 3.52. The number of nitrogens with one attached hydrogen (secondary N) is 1. The van der Waals surface area contributed by atoms with Crippen molar-refractivity contribution >= 4 is 17.0 Å². The number of hydrogen-bond donors (Lipinski definition) is 2. The molecule has 0 aliphatic heterocycles. The van der Waals surface area contributed by atoms with Gasteiger partial charge in [-0.1, -0.05) is 31.9 Å². The Morgan fingerprint density at radius 3 is 2.63 bits per heavy atom. The van der Waals surface area contributed by atoms with Crippen LogP contribution in [0, 0.1) is 23.6 Å². The minimum absolute atomic E-state index is 0.0568. The van der Waals surface area contributed by atoms with Crippen LogP contribution in [0.4, 0.5) is 4.39 Å². The number of nitrogens with zero attached hydrogens (tertiary/aromatic N) is 1. The highest BCUT2D eigenvalue weighted by Gasteiger charge is 2.21. The zero-order chi connectivity index (χ0) is 21.7. The molecule has 0 bridgehead atoms. The second-order valence-electron chi connectivity index (χ2n) is 7.61. The lowest BCUT2D eigenvalue weighted by atomic mass is 9.96. The molecule has 3 aromatic rings. The molecule has 0 amide bonds. The highest BCUT2D eigenvalue weighted by atomic mass is 19.1. The number of rotatable bonds is 8. The van der Waals surface area contributed by atoms with Gasteiger partial charge in [0.25, 0.3) is 0 Å². The van der Waals surface area contributed by atoms with E-state index in [0.717, 1.165) is 11.1 Å². The van der Waals surface area contributed by atoms with Gasteiger partial charge in [0, 0.05) is 18.0 Å². The molecule has 2 atom stereocenters. The second kappa shape index (κ2) is 9.45. The summed E-state index contributed by atoms with van der Waals surface area (Å²) in [6.07, 6.45) is 3.25. The molecular weight excluding hydrogens is 383 g/mol. The normalized spacial score (nSPS) is 13.0. The number of aromatic nitrogens is 2. The van der Waals surface area contributed by atoms with Crippen molar-refractivity contribution in [2.45, 2.75) is 45.6 Å². The van der Waals surface area contributed by atoms with Gasteiger partial charge in [0.05, 0.1) is 17.7 Å². The average molecular weight is 408 g/mol. The number of benzene rings is 1. The molecule has 6 heteroatoms.